The van der Waals surface area contributed by atoms with Gasteiger partial charge in [-0.05, 0) is 19.3 Å². The summed E-state index contributed by atoms with van der Waals surface area (Å²) in [6, 6.07) is 0. The molecule has 1 aliphatic rings. The summed E-state index contributed by atoms with van der Waals surface area (Å²) in [5.41, 5.74) is -0.769. The number of carbonyl (C=O) groups is 2. The number of aliphatic carboxylic acids is 2. The first-order valence-corrected chi connectivity index (χ1v) is 5.52. The molecule has 15 heavy (non-hydrogen) atoms. The highest BCUT2D eigenvalue weighted by molar-refractivity contribution is 5.76. The summed E-state index contributed by atoms with van der Waals surface area (Å²) >= 11 is 0. The second-order valence-corrected chi connectivity index (χ2v) is 4.39. The summed E-state index contributed by atoms with van der Waals surface area (Å²) in [7, 11) is 0. The first kappa shape index (κ1) is 12.0. The van der Waals surface area contributed by atoms with E-state index in [9.17, 15) is 14.7 Å². The maximum Gasteiger partial charge on any atom is 0.309 e. The largest absolute Gasteiger partial charge is 0.481 e. The highest BCUT2D eigenvalue weighted by Gasteiger charge is 2.38. The molecule has 0 atom stereocenters. The van der Waals surface area contributed by atoms with Crippen LogP contribution in [0.25, 0.3) is 0 Å². The smallest absolute Gasteiger partial charge is 0.309 e. The van der Waals surface area contributed by atoms with E-state index in [0.29, 0.717) is 12.8 Å². The van der Waals surface area contributed by atoms with Crippen molar-refractivity contribution in [1.82, 2.24) is 0 Å². The van der Waals surface area contributed by atoms with Gasteiger partial charge >= 0.3 is 11.9 Å². The lowest BCUT2D eigenvalue weighted by molar-refractivity contribution is -0.151. The molecule has 4 nitrogen and oxygen atoms in total. The summed E-state index contributed by atoms with van der Waals surface area (Å²) in [5, 5.41) is 17.9. The molecule has 0 aromatic rings. The fourth-order valence-electron chi connectivity index (χ4n) is 2.32. The molecule has 0 bridgehead atoms. The lowest BCUT2D eigenvalue weighted by Gasteiger charge is -2.27. The Bertz CT molecular complexity index is 239. The highest BCUT2D eigenvalue weighted by Crippen LogP contribution is 2.39. The Morgan fingerprint density at radius 3 is 1.93 bits per heavy atom. The minimum absolute atomic E-state index is 0.0354. The molecule has 0 heterocycles. The van der Waals surface area contributed by atoms with E-state index in [2.05, 4.69) is 0 Å². The van der Waals surface area contributed by atoms with E-state index in [4.69, 9.17) is 5.11 Å². The maximum atomic E-state index is 11.2. The molecule has 1 fully saturated rings. The third-order valence-corrected chi connectivity index (χ3v) is 3.33. The van der Waals surface area contributed by atoms with Crippen molar-refractivity contribution in [2.75, 3.05) is 0 Å². The summed E-state index contributed by atoms with van der Waals surface area (Å²) in [6.07, 6.45) is 5.47. The standard InChI is InChI=1S/C11H18O4/c12-9(13)5-8-11(10(14)15)6-3-1-2-4-7-11/h1-8H2,(H,12,13)(H,14,15). The van der Waals surface area contributed by atoms with Gasteiger partial charge in [-0.3, -0.25) is 9.59 Å². The Morgan fingerprint density at radius 1 is 1.00 bits per heavy atom. The van der Waals surface area contributed by atoms with E-state index in [-0.39, 0.29) is 12.8 Å². The average Bonchev–Trinajstić information content (AvgIpc) is 2.40. The quantitative estimate of drug-likeness (QED) is 0.704. The van der Waals surface area contributed by atoms with Crippen LogP contribution >= 0.6 is 0 Å². The summed E-state index contributed by atoms with van der Waals surface area (Å²) in [5.74, 6) is -1.72. The van der Waals surface area contributed by atoms with Crippen LogP contribution in [0.4, 0.5) is 0 Å². The molecule has 0 amide bonds. The maximum absolute atomic E-state index is 11.2. The van der Waals surface area contributed by atoms with Crippen molar-refractivity contribution < 1.29 is 19.8 Å². The second kappa shape index (κ2) is 5.14. The van der Waals surface area contributed by atoms with Crippen molar-refractivity contribution in [1.29, 1.82) is 0 Å². The molecule has 0 aromatic heterocycles. The minimum Gasteiger partial charge on any atom is -0.481 e. The van der Waals surface area contributed by atoms with E-state index in [0.717, 1.165) is 25.7 Å². The van der Waals surface area contributed by atoms with E-state index < -0.39 is 17.4 Å². The lowest BCUT2D eigenvalue weighted by Crippen LogP contribution is -2.31. The van der Waals surface area contributed by atoms with Crippen LogP contribution in [0.1, 0.15) is 51.4 Å². The van der Waals surface area contributed by atoms with Gasteiger partial charge in [0.15, 0.2) is 0 Å². The Labute approximate surface area is 89.3 Å². The van der Waals surface area contributed by atoms with Gasteiger partial charge in [-0.2, -0.15) is 0 Å². The topological polar surface area (TPSA) is 74.6 Å². The zero-order chi connectivity index (χ0) is 11.3. The highest BCUT2D eigenvalue weighted by atomic mass is 16.4. The van der Waals surface area contributed by atoms with Crippen LogP contribution in [0, 0.1) is 5.41 Å². The van der Waals surface area contributed by atoms with Crippen LogP contribution < -0.4 is 0 Å². The van der Waals surface area contributed by atoms with E-state index in [1.165, 1.54) is 0 Å². The third-order valence-electron chi connectivity index (χ3n) is 3.33. The van der Waals surface area contributed by atoms with Crippen molar-refractivity contribution in [3.05, 3.63) is 0 Å². The lowest BCUT2D eigenvalue weighted by atomic mass is 9.76. The summed E-state index contributed by atoms with van der Waals surface area (Å²) < 4.78 is 0. The van der Waals surface area contributed by atoms with Gasteiger partial charge in [-0.15, -0.1) is 0 Å². The fourth-order valence-corrected chi connectivity index (χ4v) is 2.32. The predicted octanol–water partition coefficient (Wildman–Crippen LogP) is 2.28. The zero-order valence-electron chi connectivity index (χ0n) is 8.87. The summed E-state index contributed by atoms with van der Waals surface area (Å²) in [4.78, 5) is 21.7. The fraction of sp³-hybridized carbons (Fsp3) is 0.818. The van der Waals surface area contributed by atoms with Gasteiger partial charge in [-0.1, -0.05) is 25.7 Å². The molecule has 1 saturated carbocycles. The molecule has 4 heteroatoms. The molecule has 0 aromatic carbocycles. The first-order valence-electron chi connectivity index (χ1n) is 5.52. The van der Waals surface area contributed by atoms with Gasteiger partial charge < -0.3 is 10.2 Å². The summed E-state index contributed by atoms with van der Waals surface area (Å²) in [6.45, 7) is 0. The monoisotopic (exact) mass is 214 g/mol. The van der Waals surface area contributed by atoms with Crippen molar-refractivity contribution in [2.24, 2.45) is 5.41 Å². The van der Waals surface area contributed by atoms with Gasteiger partial charge in [0, 0.05) is 6.42 Å². The average molecular weight is 214 g/mol. The molecular formula is C11H18O4. The van der Waals surface area contributed by atoms with Crippen molar-refractivity contribution in [3.63, 3.8) is 0 Å². The van der Waals surface area contributed by atoms with Crippen LogP contribution in [0.3, 0.4) is 0 Å². The number of rotatable bonds is 4. The van der Waals surface area contributed by atoms with Gasteiger partial charge in [0.25, 0.3) is 0 Å². The molecule has 0 unspecified atom stereocenters. The molecule has 0 aliphatic heterocycles. The number of hydrogen-bond acceptors (Lipinski definition) is 2. The zero-order valence-corrected chi connectivity index (χ0v) is 8.87. The molecule has 1 aliphatic carbocycles. The Hall–Kier alpha value is -1.06. The van der Waals surface area contributed by atoms with Gasteiger partial charge in [0.1, 0.15) is 0 Å². The van der Waals surface area contributed by atoms with Crippen LogP contribution in [-0.2, 0) is 9.59 Å². The Morgan fingerprint density at radius 2 is 1.53 bits per heavy atom. The van der Waals surface area contributed by atoms with E-state index in [1.54, 1.807) is 0 Å². The van der Waals surface area contributed by atoms with Gasteiger partial charge in [0.2, 0.25) is 0 Å². The van der Waals surface area contributed by atoms with Crippen molar-refractivity contribution in [3.8, 4) is 0 Å². The predicted molar refractivity (Wildman–Crippen MR) is 54.6 cm³/mol. The van der Waals surface area contributed by atoms with Gasteiger partial charge in [-0.25, -0.2) is 0 Å². The Kier molecular flexibility index (Phi) is 4.12. The van der Waals surface area contributed by atoms with E-state index >= 15 is 0 Å². The first-order chi connectivity index (χ1) is 7.07. The van der Waals surface area contributed by atoms with Crippen LogP contribution in [0.15, 0.2) is 0 Å². The molecule has 2 N–H and O–H groups in total. The normalized spacial score (nSPS) is 20.5. The molecular weight excluding hydrogens is 196 g/mol. The number of hydrogen-bond donors (Lipinski definition) is 2. The second-order valence-electron chi connectivity index (χ2n) is 4.39. The SMILES string of the molecule is O=C(O)CCC1(C(=O)O)CCCCCC1. The van der Waals surface area contributed by atoms with Crippen molar-refractivity contribution >= 4 is 11.9 Å². The van der Waals surface area contributed by atoms with Crippen LogP contribution in [-0.4, -0.2) is 22.2 Å². The van der Waals surface area contributed by atoms with E-state index in [1.807, 2.05) is 0 Å². The van der Waals surface area contributed by atoms with Crippen LogP contribution in [0.5, 0.6) is 0 Å². The molecule has 0 saturated heterocycles. The number of carboxylic acid groups (broad SMARTS) is 2. The molecule has 1 rings (SSSR count). The third kappa shape index (κ3) is 3.22. The van der Waals surface area contributed by atoms with Gasteiger partial charge in [0.05, 0.1) is 5.41 Å². The molecule has 0 radical (unpaired) electrons. The molecule has 0 spiro atoms. The van der Waals surface area contributed by atoms with Crippen molar-refractivity contribution in [2.45, 2.75) is 51.4 Å². The molecule has 86 valence electrons. The Balaban J connectivity index is 2.67. The number of carboxylic acids is 2. The van der Waals surface area contributed by atoms with Crippen LogP contribution in [0.2, 0.25) is 0 Å². The minimum atomic E-state index is -0.903.